The molecule has 1 aliphatic carbocycles. The predicted molar refractivity (Wildman–Crippen MR) is 133 cm³/mol. The summed E-state index contributed by atoms with van der Waals surface area (Å²) >= 11 is 0. The molecule has 0 aromatic heterocycles. The van der Waals surface area contributed by atoms with Gasteiger partial charge in [-0.25, -0.2) is 0 Å². The lowest BCUT2D eigenvalue weighted by Crippen LogP contribution is -2.33. The highest BCUT2D eigenvalue weighted by molar-refractivity contribution is 5.66. The van der Waals surface area contributed by atoms with E-state index in [-0.39, 0.29) is 6.04 Å². The Hall–Kier alpha value is -1.39. The molecule has 0 spiro atoms. The minimum Gasteiger partial charge on any atom is -0.550 e. The Balaban J connectivity index is 2.23. The van der Waals surface area contributed by atoms with Gasteiger partial charge >= 0.3 is 0 Å². The minimum atomic E-state index is -1.01. The lowest BCUT2D eigenvalue weighted by molar-refractivity contribution is -0.311. The molecule has 0 radical (unpaired) electrons. The highest BCUT2D eigenvalue weighted by Gasteiger charge is 2.22. The van der Waals surface area contributed by atoms with Gasteiger partial charge < -0.3 is 20.7 Å². The molecule has 3 N–H and O–H groups in total. The van der Waals surface area contributed by atoms with Crippen molar-refractivity contribution < 1.29 is 15.0 Å². The molecule has 0 saturated carbocycles. The van der Waals surface area contributed by atoms with Gasteiger partial charge in [0.15, 0.2) is 0 Å². The van der Waals surface area contributed by atoms with Crippen LogP contribution < -0.4 is 10.8 Å². The highest BCUT2D eigenvalue weighted by atomic mass is 16.4. The van der Waals surface area contributed by atoms with E-state index in [4.69, 9.17) is 5.73 Å². The van der Waals surface area contributed by atoms with E-state index in [1.165, 1.54) is 36.0 Å². The number of allylic oxidation sites excluding steroid dienone is 4. The summed E-state index contributed by atoms with van der Waals surface area (Å²) < 4.78 is 0. The molecule has 1 aliphatic rings. The number of carbonyl (C=O) groups excluding carboxylic acids is 1. The lowest BCUT2D eigenvalue weighted by atomic mass is 9.82. The number of hydrogen-bond donors (Lipinski definition) is 2. The zero-order valence-electron chi connectivity index (χ0n) is 21.5. The van der Waals surface area contributed by atoms with E-state index >= 15 is 0 Å². The van der Waals surface area contributed by atoms with Crippen LogP contribution in [-0.2, 0) is 4.79 Å². The molecule has 0 amide bonds. The van der Waals surface area contributed by atoms with Gasteiger partial charge in [-0.05, 0) is 96.3 Å². The van der Waals surface area contributed by atoms with Gasteiger partial charge in [0.2, 0.25) is 0 Å². The number of carbonyl (C=O) groups is 1. The number of hydrogen-bond acceptors (Lipinski definition) is 4. The van der Waals surface area contributed by atoms with Crippen molar-refractivity contribution in [3.05, 3.63) is 34.9 Å². The molecular formula is C28H48NO3-. The lowest BCUT2D eigenvalue weighted by Gasteiger charge is -2.27. The van der Waals surface area contributed by atoms with Crippen molar-refractivity contribution in [2.45, 2.75) is 117 Å². The Labute approximate surface area is 197 Å². The monoisotopic (exact) mass is 446 g/mol. The van der Waals surface area contributed by atoms with Crippen molar-refractivity contribution in [2.75, 3.05) is 0 Å². The molecular weight excluding hydrogens is 398 g/mol. The quantitative estimate of drug-likeness (QED) is 0.327. The maximum absolute atomic E-state index is 10.8. The Kier molecular flexibility index (Phi) is 12.5. The van der Waals surface area contributed by atoms with Gasteiger partial charge in [0.25, 0.3) is 0 Å². The van der Waals surface area contributed by atoms with Crippen LogP contribution in [0.4, 0.5) is 0 Å². The van der Waals surface area contributed by atoms with E-state index in [1.54, 1.807) is 6.92 Å². The van der Waals surface area contributed by atoms with Crippen LogP contribution in [0.25, 0.3) is 0 Å². The Bertz CT molecular complexity index is 674. The first-order valence-electron chi connectivity index (χ1n) is 12.6. The molecule has 0 aromatic rings. The summed E-state index contributed by atoms with van der Waals surface area (Å²) in [5.41, 5.74) is 9.84. The van der Waals surface area contributed by atoms with Crippen LogP contribution in [0.2, 0.25) is 0 Å². The van der Waals surface area contributed by atoms with E-state index < -0.39 is 17.5 Å². The standard InChI is InChI=1S/C28H49NO3/c1-20(12-8-18-28(6,32)19-9-13-23(4)27(30)31)10-7-11-21(2)14-16-25-17-15-22(3)24(5)26(25)29/h12,15,17,21,23-24,26,32H,7-11,13-14,16,18-19,29H2,1-6H3,(H,30,31)/p-1/b20-12+. The average Bonchev–Trinajstić information content (AvgIpc) is 2.71. The zero-order valence-corrected chi connectivity index (χ0v) is 21.5. The molecule has 0 saturated heterocycles. The number of carboxylic acid groups (broad SMARTS) is 1. The SMILES string of the molecule is CC1=CC=C(CCC(C)CCC/C(C)=C/CCC(C)(O)CCCC(C)C(=O)[O-])C(N)C1C. The summed E-state index contributed by atoms with van der Waals surface area (Å²) in [5.74, 6) is -0.308. The molecule has 32 heavy (non-hydrogen) atoms. The van der Waals surface area contributed by atoms with E-state index in [0.717, 1.165) is 19.3 Å². The Morgan fingerprint density at radius 2 is 1.91 bits per heavy atom. The third-order valence-electron chi connectivity index (χ3n) is 7.37. The first-order chi connectivity index (χ1) is 14.9. The van der Waals surface area contributed by atoms with Crippen molar-refractivity contribution in [2.24, 2.45) is 23.5 Å². The topological polar surface area (TPSA) is 86.4 Å². The molecule has 4 nitrogen and oxygen atoms in total. The van der Waals surface area contributed by atoms with E-state index in [2.05, 4.69) is 45.9 Å². The van der Waals surface area contributed by atoms with Gasteiger partial charge in [-0.1, -0.05) is 62.1 Å². The predicted octanol–water partition coefficient (Wildman–Crippen LogP) is 5.46. The molecule has 0 aromatic carbocycles. The average molecular weight is 447 g/mol. The minimum absolute atomic E-state index is 0.173. The van der Waals surface area contributed by atoms with Gasteiger partial charge in [0.1, 0.15) is 0 Å². The van der Waals surface area contributed by atoms with Crippen molar-refractivity contribution in [3.63, 3.8) is 0 Å². The second-order valence-corrected chi connectivity index (χ2v) is 10.7. The van der Waals surface area contributed by atoms with E-state index in [1.807, 2.05) is 6.92 Å². The molecule has 0 heterocycles. The maximum Gasteiger partial charge on any atom is 0.0622 e. The first-order valence-corrected chi connectivity index (χ1v) is 12.6. The number of aliphatic hydroxyl groups is 1. The van der Waals surface area contributed by atoms with Gasteiger partial charge in [-0.2, -0.15) is 0 Å². The van der Waals surface area contributed by atoms with Gasteiger partial charge in [-0.3, -0.25) is 0 Å². The van der Waals surface area contributed by atoms with Crippen LogP contribution in [-0.4, -0.2) is 22.7 Å². The van der Waals surface area contributed by atoms with Crippen LogP contribution in [0.15, 0.2) is 34.9 Å². The second-order valence-electron chi connectivity index (χ2n) is 10.7. The van der Waals surface area contributed by atoms with Crippen molar-refractivity contribution in [3.8, 4) is 0 Å². The van der Waals surface area contributed by atoms with E-state index in [0.29, 0.717) is 37.5 Å². The van der Waals surface area contributed by atoms with Crippen LogP contribution in [0.1, 0.15) is 106 Å². The fourth-order valence-electron chi connectivity index (χ4n) is 4.41. The van der Waals surface area contributed by atoms with Gasteiger partial charge in [-0.15, -0.1) is 0 Å². The summed E-state index contributed by atoms with van der Waals surface area (Å²) in [6.45, 7) is 12.4. The van der Waals surface area contributed by atoms with Crippen molar-refractivity contribution in [1.82, 2.24) is 0 Å². The smallest absolute Gasteiger partial charge is 0.0622 e. The number of carboxylic acids is 1. The molecule has 0 bridgehead atoms. The molecule has 0 fully saturated rings. The summed E-state index contributed by atoms with van der Waals surface area (Å²) in [6, 6.07) is 0.173. The number of rotatable bonds is 15. The first kappa shape index (κ1) is 28.6. The van der Waals surface area contributed by atoms with Crippen LogP contribution in [0.3, 0.4) is 0 Å². The molecule has 5 atom stereocenters. The molecule has 0 aliphatic heterocycles. The largest absolute Gasteiger partial charge is 0.550 e. The maximum atomic E-state index is 10.8. The fraction of sp³-hybridized carbons (Fsp3) is 0.750. The second kappa shape index (κ2) is 14.0. The van der Waals surface area contributed by atoms with Crippen molar-refractivity contribution >= 4 is 5.97 Å². The third-order valence-corrected chi connectivity index (χ3v) is 7.37. The van der Waals surface area contributed by atoms with Crippen molar-refractivity contribution in [1.29, 1.82) is 0 Å². The molecule has 184 valence electrons. The summed E-state index contributed by atoms with van der Waals surface area (Å²) in [6.07, 6.45) is 16.0. The summed E-state index contributed by atoms with van der Waals surface area (Å²) in [7, 11) is 0. The third kappa shape index (κ3) is 11.0. The number of aliphatic carboxylic acids is 1. The Morgan fingerprint density at radius 1 is 1.22 bits per heavy atom. The summed E-state index contributed by atoms with van der Waals surface area (Å²) in [4.78, 5) is 10.8. The normalized spacial score (nSPS) is 23.2. The van der Waals surface area contributed by atoms with Gasteiger partial charge in [0.05, 0.1) is 5.60 Å². The van der Waals surface area contributed by atoms with Gasteiger partial charge in [0, 0.05) is 12.0 Å². The van der Waals surface area contributed by atoms with E-state index in [9.17, 15) is 15.0 Å². The van der Waals surface area contributed by atoms with Crippen LogP contribution in [0, 0.1) is 17.8 Å². The summed E-state index contributed by atoms with van der Waals surface area (Å²) in [5, 5.41) is 21.3. The molecule has 4 heteroatoms. The molecule has 1 rings (SSSR count). The van der Waals surface area contributed by atoms with Crippen LogP contribution in [0.5, 0.6) is 0 Å². The fourth-order valence-corrected chi connectivity index (χ4v) is 4.41. The van der Waals surface area contributed by atoms with Crippen LogP contribution >= 0.6 is 0 Å². The molecule has 5 unspecified atom stereocenters. The highest BCUT2D eigenvalue weighted by Crippen LogP contribution is 2.28. The Morgan fingerprint density at radius 3 is 2.56 bits per heavy atom. The zero-order chi connectivity index (χ0) is 24.3. The number of nitrogens with two attached hydrogens (primary N) is 1.